The molecule has 0 unspecified atom stereocenters. The summed E-state index contributed by atoms with van der Waals surface area (Å²) in [5, 5.41) is 0. The molecule has 0 bridgehead atoms. The van der Waals surface area contributed by atoms with Gasteiger partial charge in [0.15, 0.2) is 0 Å². The summed E-state index contributed by atoms with van der Waals surface area (Å²) < 4.78 is 26.8. The fourth-order valence-electron chi connectivity index (χ4n) is 2.64. The van der Waals surface area contributed by atoms with E-state index in [1.54, 1.807) is 16.4 Å². The van der Waals surface area contributed by atoms with E-state index >= 15 is 0 Å². The van der Waals surface area contributed by atoms with Gasteiger partial charge in [0.05, 0.1) is 4.90 Å². The highest BCUT2D eigenvalue weighted by Gasteiger charge is 2.26. The van der Waals surface area contributed by atoms with Crippen LogP contribution in [0, 0.1) is 6.92 Å². The summed E-state index contributed by atoms with van der Waals surface area (Å²) in [6.07, 6.45) is 2.76. The second kappa shape index (κ2) is 6.07. The molecule has 0 saturated carbocycles. The van der Waals surface area contributed by atoms with Gasteiger partial charge in [-0.3, -0.25) is 0 Å². The van der Waals surface area contributed by atoms with E-state index in [4.69, 9.17) is 0 Å². The van der Waals surface area contributed by atoms with Gasteiger partial charge in [0.2, 0.25) is 10.0 Å². The van der Waals surface area contributed by atoms with E-state index in [-0.39, 0.29) is 0 Å². The van der Waals surface area contributed by atoms with Gasteiger partial charge in [-0.25, -0.2) is 8.42 Å². The number of hydrogen-bond donors (Lipinski definition) is 0. The highest BCUT2D eigenvalue weighted by molar-refractivity contribution is 7.89. The topological polar surface area (TPSA) is 37.4 Å². The molecule has 0 saturated heterocycles. The van der Waals surface area contributed by atoms with Crippen LogP contribution in [0.4, 0.5) is 0 Å². The lowest BCUT2D eigenvalue weighted by Crippen LogP contribution is -2.34. The lowest BCUT2D eigenvalue weighted by molar-refractivity contribution is 0.441. The second-order valence-electron chi connectivity index (χ2n) is 5.52. The molecule has 0 atom stereocenters. The van der Waals surface area contributed by atoms with Gasteiger partial charge in [0.1, 0.15) is 0 Å². The van der Waals surface area contributed by atoms with Crippen LogP contribution in [0.1, 0.15) is 17.5 Å². The van der Waals surface area contributed by atoms with Gasteiger partial charge in [-0.1, -0.05) is 54.1 Å². The minimum atomic E-state index is -3.40. The molecule has 0 aromatic heterocycles. The Hall–Kier alpha value is -1.91. The molecule has 3 nitrogen and oxygen atoms in total. The Labute approximate surface area is 132 Å². The van der Waals surface area contributed by atoms with Gasteiger partial charge in [0.25, 0.3) is 0 Å². The molecule has 3 rings (SSSR count). The van der Waals surface area contributed by atoms with Crippen LogP contribution < -0.4 is 0 Å². The van der Waals surface area contributed by atoms with Crippen molar-refractivity contribution in [1.29, 1.82) is 0 Å². The van der Waals surface area contributed by atoms with Crippen molar-refractivity contribution in [3.05, 3.63) is 71.8 Å². The highest BCUT2D eigenvalue weighted by Crippen LogP contribution is 2.25. The van der Waals surface area contributed by atoms with Gasteiger partial charge in [-0.05, 0) is 36.6 Å². The largest absolute Gasteiger partial charge is 0.243 e. The van der Waals surface area contributed by atoms with Crippen LogP contribution >= 0.6 is 0 Å². The summed E-state index contributed by atoms with van der Waals surface area (Å²) in [6, 6.07) is 17.2. The van der Waals surface area contributed by atoms with E-state index in [1.807, 2.05) is 43.3 Å². The number of benzene rings is 2. The van der Waals surface area contributed by atoms with E-state index < -0.39 is 10.0 Å². The fourth-order valence-corrected chi connectivity index (χ4v) is 4.02. The minimum Gasteiger partial charge on any atom is -0.207 e. The lowest BCUT2D eigenvalue weighted by Gasteiger charge is -2.26. The third-order valence-electron chi connectivity index (χ3n) is 3.98. The summed E-state index contributed by atoms with van der Waals surface area (Å²) in [5.41, 5.74) is 3.45. The average molecular weight is 313 g/mol. The molecule has 1 aliphatic rings. The summed E-state index contributed by atoms with van der Waals surface area (Å²) in [6.45, 7) is 2.91. The predicted molar refractivity (Wildman–Crippen MR) is 89.0 cm³/mol. The van der Waals surface area contributed by atoms with Crippen molar-refractivity contribution in [2.45, 2.75) is 18.2 Å². The molecule has 2 aromatic rings. The van der Waals surface area contributed by atoms with Gasteiger partial charge in [-0.15, -0.1) is 0 Å². The van der Waals surface area contributed by atoms with Crippen LogP contribution in [0.2, 0.25) is 0 Å². The van der Waals surface area contributed by atoms with Crippen molar-refractivity contribution in [3.63, 3.8) is 0 Å². The molecular formula is C18H19NO2S. The summed E-state index contributed by atoms with van der Waals surface area (Å²) in [5.74, 6) is 0. The van der Waals surface area contributed by atoms with Crippen molar-refractivity contribution in [1.82, 2.24) is 4.31 Å². The van der Waals surface area contributed by atoms with Crippen molar-refractivity contribution >= 4 is 15.6 Å². The maximum Gasteiger partial charge on any atom is 0.243 e. The van der Waals surface area contributed by atoms with E-state index in [9.17, 15) is 8.42 Å². The molecule has 0 amide bonds. The van der Waals surface area contributed by atoms with E-state index in [1.165, 1.54) is 11.1 Å². The molecule has 0 spiro atoms. The van der Waals surface area contributed by atoms with E-state index in [2.05, 4.69) is 12.1 Å². The standard InChI is InChI=1S/C18H19NO2S/c1-15-7-9-18(10-8-15)22(20,21)19-13-11-17(12-14-19)16-5-3-2-4-6-16/h2-11H,12-14H2,1H3. The molecule has 2 aromatic carbocycles. The van der Waals surface area contributed by atoms with E-state index in [0.717, 1.165) is 12.0 Å². The van der Waals surface area contributed by atoms with Gasteiger partial charge in [-0.2, -0.15) is 4.31 Å². The first-order chi connectivity index (χ1) is 10.6. The third-order valence-corrected chi connectivity index (χ3v) is 5.85. The van der Waals surface area contributed by atoms with Crippen LogP contribution in [0.3, 0.4) is 0 Å². The zero-order valence-corrected chi connectivity index (χ0v) is 13.4. The smallest absolute Gasteiger partial charge is 0.207 e. The SMILES string of the molecule is Cc1ccc(S(=O)(=O)N2CC=C(c3ccccc3)CC2)cc1. The van der Waals surface area contributed by atoms with Crippen LogP contribution in [-0.4, -0.2) is 25.8 Å². The second-order valence-corrected chi connectivity index (χ2v) is 7.46. The van der Waals surface area contributed by atoms with Gasteiger partial charge in [0, 0.05) is 13.1 Å². The Bertz CT molecular complexity index is 778. The van der Waals surface area contributed by atoms with E-state index in [0.29, 0.717) is 18.0 Å². The number of sulfonamides is 1. The van der Waals surface area contributed by atoms with Crippen LogP contribution in [0.25, 0.3) is 5.57 Å². The molecule has 114 valence electrons. The normalized spacial score (nSPS) is 16.3. The number of hydrogen-bond acceptors (Lipinski definition) is 2. The first kappa shape index (κ1) is 15.0. The molecule has 1 aliphatic heterocycles. The zero-order valence-electron chi connectivity index (χ0n) is 12.6. The van der Waals surface area contributed by atoms with Crippen molar-refractivity contribution < 1.29 is 8.42 Å². The Morgan fingerprint density at radius 2 is 1.64 bits per heavy atom. The predicted octanol–water partition coefficient (Wildman–Crippen LogP) is 3.47. The number of nitrogens with zero attached hydrogens (tertiary/aromatic N) is 1. The number of rotatable bonds is 3. The van der Waals surface area contributed by atoms with Crippen molar-refractivity contribution in [2.75, 3.05) is 13.1 Å². The zero-order chi connectivity index (χ0) is 15.6. The molecule has 0 aliphatic carbocycles. The van der Waals surface area contributed by atoms with Crippen LogP contribution in [0.5, 0.6) is 0 Å². The first-order valence-electron chi connectivity index (χ1n) is 7.39. The third kappa shape index (κ3) is 2.98. The Morgan fingerprint density at radius 3 is 2.23 bits per heavy atom. The monoisotopic (exact) mass is 313 g/mol. The van der Waals surface area contributed by atoms with Gasteiger partial charge >= 0.3 is 0 Å². The Balaban J connectivity index is 1.81. The van der Waals surface area contributed by atoms with Crippen LogP contribution in [-0.2, 0) is 10.0 Å². The molecule has 0 radical (unpaired) electrons. The quantitative estimate of drug-likeness (QED) is 0.870. The average Bonchev–Trinajstić information content (AvgIpc) is 2.56. The lowest BCUT2D eigenvalue weighted by atomic mass is 10.0. The van der Waals surface area contributed by atoms with Crippen molar-refractivity contribution in [2.24, 2.45) is 0 Å². The molecule has 0 fully saturated rings. The fraction of sp³-hybridized carbons (Fsp3) is 0.222. The maximum atomic E-state index is 12.6. The minimum absolute atomic E-state index is 0.370. The maximum absolute atomic E-state index is 12.6. The molecule has 0 N–H and O–H groups in total. The molecule has 22 heavy (non-hydrogen) atoms. The highest BCUT2D eigenvalue weighted by atomic mass is 32.2. The van der Waals surface area contributed by atoms with Crippen LogP contribution in [0.15, 0.2) is 65.6 Å². The van der Waals surface area contributed by atoms with Gasteiger partial charge < -0.3 is 0 Å². The Morgan fingerprint density at radius 1 is 0.955 bits per heavy atom. The summed E-state index contributed by atoms with van der Waals surface area (Å²) in [7, 11) is -3.40. The Kier molecular flexibility index (Phi) is 4.14. The summed E-state index contributed by atoms with van der Waals surface area (Å²) >= 11 is 0. The molecule has 4 heteroatoms. The number of aryl methyl sites for hydroxylation is 1. The summed E-state index contributed by atoms with van der Waals surface area (Å²) in [4.78, 5) is 0.370. The first-order valence-corrected chi connectivity index (χ1v) is 8.83. The molecule has 1 heterocycles. The van der Waals surface area contributed by atoms with Crippen molar-refractivity contribution in [3.8, 4) is 0 Å². The molecular weight excluding hydrogens is 294 g/mol.